The van der Waals surface area contributed by atoms with Crippen molar-refractivity contribution < 1.29 is 14.3 Å². The van der Waals surface area contributed by atoms with Crippen LogP contribution in [0.3, 0.4) is 0 Å². The number of H-pyrrole nitrogens is 1. The third kappa shape index (κ3) is 2.01. The van der Waals surface area contributed by atoms with Gasteiger partial charge in [0, 0.05) is 12.0 Å². The lowest BCUT2D eigenvalue weighted by Crippen LogP contribution is -1.97. The summed E-state index contributed by atoms with van der Waals surface area (Å²) >= 11 is 0. The Labute approximate surface area is 109 Å². The minimum atomic E-state index is 0.192. The maximum atomic E-state index is 11.0. The molecule has 1 aliphatic heterocycles. The molecule has 0 radical (unpaired) electrons. The number of hydrogen-bond donors (Lipinski definition) is 2. The van der Waals surface area contributed by atoms with Crippen LogP contribution in [0.2, 0.25) is 0 Å². The molecular formula is C13H13N3O3. The van der Waals surface area contributed by atoms with Crippen molar-refractivity contribution in [3.8, 4) is 22.8 Å². The van der Waals surface area contributed by atoms with E-state index in [2.05, 4.69) is 10.2 Å². The van der Waals surface area contributed by atoms with Gasteiger partial charge in [-0.05, 0) is 18.2 Å². The molecule has 3 rings (SSSR count). The summed E-state index contributed by atoms with van der Waals surface area (Å²) in [7, 11) is 0. The van der Waals surface area contributed by atoms with Gasteiger partial charge in [0.05, 0.1) is 24.5 Å². The molecule has 19 heavy (non-hydrogen) atoms. The second-order valence-electron chi connectivity index (χ2n) is 4.23. The molecule has 0 aliphatic carbocycles. The van der Waals surface area contributed by atoms with Crippen molar-refractivity contribution in [1.29, 1.82) is 0 Å². The lowest BCUT2D eigenvalue weighted by Gasteiger charge is -2.08. The van der Waals surface area contributed by atoms with Crippen LogP contribution in [-0.2, 0) is 0 Å². The van der Waals surface area contributed by atoms with Gasteiger partial charge in [-0.1, -0.05) is 0 Å². The highest BCUT2D eigenvalue weighted by atomic mass is 16.5. The van der Waals surface area contributed by atoms with E-state index in [0.29, 0.717) is 42.3 Å². The first-order valence-electron chi connectivity index (χ1n) is 5.98. The lowest BCUT2D eigenvalue weighted by atomic mass is 10.1. The molecule has 1 aromatic carbocycles. The smallest absolute Gasteiger partial charge is 0.161 e. The fourth-order valence-corrected chi connectivity index (χ4v) is 2.02. The number of carbonyl (C=O) groups excluding carboxylic acids is 1. The Morgan fingerprint density at radius 2 is 2.05 bits per heavy atom. The molecule has 6 heteroatoms. The third-order valence-corrected chi connectivity index (χ3v) is 2.99. The number of nitrogens with two attached hydrogens (primary N) is 1. The zero-order chi connectivity index (χ0) is 13.2. The maximum Gasteiger partial charge on any atom is 0.161 e. The summed E-state index contributed by atoms with van der Waals surface area (Å²) in [6, 6.07) is 5.48. The van der Waals surface area contributed by atoms with E-state index >= 15 is 0 Å². The number of benzene rings is 1. The van der Waals surface area contributed by atoms with Crippen molar-refractivity contribution in [2.45, 2.75) is 6.42 Å². The quantitative estimate of drug-likeness (QED) is 0.800. The number of aromatic nitrogens is 2. The summed E-state index contributed by atoms with van der Waals surface area (Å²) in [5.41, 5.74) is 7.35. The van der Waals surface area contributed by atoms with Gasteiger partial charge in [0.25, 0.3) is 0 Å². The van der Waals surface area contributed by atoms with Gasteiger partial charge < -0.3 is 15.2 Å². The van der Waals surface area contributed by atoms with Gasteiger partial charge in [-0.25, -0.2) is 0 Å². The number of ether oxygens (including phenoxy) is 2. The molecule has 1 aromatic heterocycles. The number of aldehydes is 1. The first kappa shape index (κ1) is 11.6. The Morgan fingerprint density at radius 3 is 2.84 bits per heavy atom. The van der Waals surface area contributed by atoms with Gasteiger partial charge in [0.1, 0.15) is 0 Å². The number of nitrogen functional groups attached to an aromatic ring is 1. The van der Waals surface area contributed by atoms with Crippen LogP contribution in [0.15, 0.2) is 18.2 Å². The monoisotopic (exact) mass is 259 g/mol. The Balaban J connectivity index is 2.06. The molecule has 98 valence electrons. The fraction of sp³-hybridized carbons (Fsp3) is 0.231. The summed E-state index contributed by atoms with van der Waals surface area (Å²) in [6.07, 6.45) is 1.54. The van der Waals surface area contributed by atoms with Crippen molar-refractivity contribution in [2.75, 3.05) is 18.9 Å². The Bertz CT molecular complexity index is 622. The van der Waals surface area contributed by atoms with Gasteiger partial charge in [-0.2, -0.15) is 5.10 Å². The number of anilines is 1. The van der Waals surface area contributed by atoms with E-state index in [1.807, 2.05) is 18.2 Å². The van der Waals surface area contributed by atoms with Gasteiger partial charge in [-0.15, -0.1) is 0 Å². The number of fused-ring (bicyclic) bond motifs is 1. The zero-order valence-electron chi connectivity index (χ0n) is 10.2. The van der Waals surface area contributed by atoms with Crippen molar-refractivity contribution in [3.05, 3.63) is 23.8 Å². The van der Waals surface area contributed by atoms with Crippen molar-refractivity contribution in [3.63, 3.8) is 0 Å². The normalized spacial score (nSPS) is 13.9. The highest BCUT2D eigenvalue weighted by Crippen LogP contribution is 2.35. The molecular weight excluding hydrogens is 246 g/mol. The van der Waals surface area contributed by atoms with Crippen molar-refractivity contribution in [1.82, 2.24) is 10.2 Å². The number of carbonyl (C=O) groups is 1. The van der Waals surface area contributed by atoms with E-state index in [0.717, 1.165) is 12.0 Å². The van der Waals surface area contributed by atoms with Crippen LogP contribution in [0.4, 0.5) is 5.82 Å². The number of nitrogens with zero attached hydrogens (tertiary/aromatic N) is 1. The Kier molecular flexibility index (Phi) is 2.83. The van der Waals surface area contributed by atoms with Gasteiger partial charge in [0.15, 0.2) is 23.6 Å². The molecule has 0 unspecified atom stereocenters. The third-order valence-electron chi connectivity index (χ3n) is 2.99. The second-order valence-corrected chi connectivity index (χ2v) is 4.23. The van der Waals surface area contributed by atoms with Crippen LogP contribution in [-0.4, -0.2) is 29.7 Å². The molecule has 0 atom stereocenters. The molecule has 3 N–H and O–H groups in total. The summed E-state index contributed by atoms with van der Waals surface area (Å²) in [6.45, 7) is 1.26. The summed E-state index contributed by atoms with van der Waals surface area (Å²) in [4.78, 5) is 11.0. The van der Waals surface area contributed by atoms with E-state index in [-0.39, 0.29) is 5.82 Å². The van der Waals surface area contributed by atoms with Crippen LogP contribution in [0.5, 0.6) is 11.5 Å². The van der Waals surface area contributed by atoms with E-state index in [9.17, 15) is 4.79 Å². The molecule has 1 aliphatic rings. The minimum Gasteiger partial charge on any atom is -0.490 e. The summed E-state index contributed by atoms with van der Waals surface area (Å²) < 4.78 is 11.2. The highest BCUT2D eigenvalue weighted by Gasteiger charge is 2.16. The molecule has 2 heterocycles. The molecule has 6 nitrogen and oxygen atoms in total. The van der Waals surface area contributed by atoms with Crippen molar-refractivity contribution >= 4 is 12.1 Å². The molecule has 0 saturated heterocycles. The Morgan fingerprint density at radius 1 is 1.26 bits per heavy atom. The standard InChI is InChI=1S/C13H13N3O3/c14-13-9(7-17)12(15-16-13)8-2-3-10-11(6-8)19-5-1-4-18-10/h2-3,6-7H,1,4-5H2,(H3,14,15,16). The maximum absolute atomic E-state index is 11.0. The van der Waals surface area contributed by atoms with E-state index in [1.165, 1.54) is 0 Å². The lowest BCUT2D eigenvalue weighted by molar-refractivity contribution is 0.112. The molecule has 0 spiro atoms. The minimum absolute atomic E-state index is 0.192. The van der Waals surface area contributed by atoms with Crippen LogP contribution >= 0.6 is 0 Å². The summed E-state index contributed by atoms with van der Waals surface area (Å²) in [5.74, 6) is 1.57. The summed E-state index contributed by atoms with van der Waals surface area (Å²) in [5, 5.41) is 6.60. The first-order valence-corrected chi connectivity index (χ1v) is 5.98. The predicted molar refractivity (Wildman–Crippen MR) is 69.4 cm³/mol. The number of hydrogen-bond acceptors (Lipinski definition) is 5. The second kappa shape index (κ2) is 4.64. The molecule has 0 bridgehead atoms. The van der Waals surface area contributed by atoms with Crippen molar-refractivity contribution in [2.24, 2.45) is 0 Å². The average molecular weight is 259 g/mol. The molecule has 0 saturated carbocycles. The molecule has 2 aromatic rings. The SMILES string of the molecule is Nc1n[nH]c(-c2ccc3c(c2)OCCCO3)c1C=O. The average Bonchev–Trinajstić information content (AvgIpc) is 2.66. The highest BCUT2D eigenvalue weighted by molar-refractivity contribution is 5.91. The largest absolute Gasteiger partial charge is 0.490 e. The van der Waals surface area contributed by atoms with Crippen LogP contribution in [0.1, 0.15) is 16.8 Å². The number of nitrogens with one attached hydrogen (secondary N) is 1. The first-order chi connectivity index (χ1) is 9.29. The van der Waals surface area contributed by atoms with Crippen LogP contribution in [0, 0.1) is 0 Å². The zero-order valence-corrected chi connectivity index (χ0v) is 10.2. The van der Waals surface area contributed by atoms with Gasteiger partial charge in [-0.3, -0.25) is 9.89 Å². The Hall–Kier alpha value is -2.50. The van der Waals surface area contributed by atoms with Crippen LogP contribution in [0.25, 0.3) is 11.3 Å². The fourth-order valence-electron chi connectivity index (χ4n) is 2.02. The van der Waals surface area contributed by atoms with E-state index < -0.39 is 0 Å². The van der Waals surface area contributed by atoms with Gasteiger partial charge >= 0.3 is 0 Å². The van der Waals surface area contributed by atoms with Crippen LogP contribution < -0.4 is 15.2 Å². The molecule has 0 fully saturated rings. The number of aromatic amines is 1. The van der Waals surface area contributed by atoms with Gasteiger partial charge in [0.2, 0.25) is 0 Å². The topological polar surface area (TPSA) is 90.2 Å². The van der Waals surface area contributed by atoms with E-state index in [4.69, 9.17) is 15.2 Å². The van der Waals surface area contributed by atoms with E-state index in [1.54, 1.807) is 0 Å². The number of rotatable bonds is 2. The predicted octanol–water partition coefficient (Wildman–Crippen LogP) is 1.63. The molecule has 0 amide bonds.